The summed E-state index contributed by atoms with van der Waals surface area (Å²) in [6, 6.07) is 9.00. The molecule has 1 aromatic heterocycles. The van der Waals surface area contributed by atoms with Crippen molar-refractivity contribution < 1.29 is 17.6 Å². The molecule has 0 radical (unpaired) electrons. The monoisotopic (exact) mass is 310 g/mol. The molecule has 0 saturated heterocycles. The summed E-state index contributed by atoms with van der Waals surface area (Å²) in [6.07, 6.45) is 0. The maximum absolute atomic E-state index is 11.1. The number of sulfonamides is 1. The molecule has 1 aromatic carbocycles. The molecule has 0 fully saturated rings. The molecule has 9 heteroatoms. The Kier molecular flexibility index (Phi) is 4.15. The highest BCUT2D eigenvalue weighted by molar-refractivity contribution is 7.89. The average Bonchev–Trinajstić information content (AvgIpc) is 2.84. The number of anilines is 2. The fourth-order valence-corrected chi connectivity index (χ4v) is 2.13. The molecule has 0 spiro atoms. The van der Waals surface area contributed by atoms with E-state index in [0.29, 0.717) is 17.1 Å². The number of carbonyl (C=O) groups excluding carboxylic acids is 1. The first-order valence-electron chi connectivity index (χ1n) is 5.86. The number of primary sulfonamides is 1. The molecule has 2 rings (SSSR count). The molecule has 0 bridgehead atoms. The van der Waals surface area contributed by atoms with Crippen molar-refractivity contribution in [2.24, 2.45) is 10.9 Å². The van der Waals surface area contributed by atoms with Gasteiger partial charge in [-0.15, -0.1) is 0 Å². The molecule has 21 heavy (non-hydrogen) atoms. The van der Waals surface area contributed by atoms with Gasteiger partial charge in [0, 0.05) is 11.4 Å². The average molecular weight is 310 g/mol. The van der Waals surface area contributed by atoms with E-state index in [9.17, 15) is 13.2 Å². The Balaban J connectivity index is 2.03. The van der Waals surface area contributed by atoms with Gasteiger partial charge in [-0.1, -0.05) is 6.07 Å². The lowest BCUT2D eigenvalue weighted by Crippen LogP contribution is -2.19. The Labute approximate surface area is 121 Å². The molecule has 0 aliphatic heterocycles. The van der Waals surface area contributed by atoms with Crippen molar-refractivity contribution in [2.45, 2.75) is 11.6 Å². The van der Waals surface area contributed by atoms with Crippen LogP contribution in [0.15, 0.2) is 45.9 Å². The van der Waals surface area contributed by atoms with Crippen LogP contribution in [0.5, 0.6) is 0 Å². The smallest absolute Gasteiger partial charge is 0.316 e. The van der Waals surface area contributed by atoms with Gasteiger partial charge in [-0.2, -0.15) is 0 Å². The molecule has 0 saturated carbocycles. The van der Waals surface area contributed by atoms with Gasteiger partial charge in [0.25, 0.3) is 10.0 Å². The molecule has 6 N–H and O–H groups in total. The third-order valence-corrected chi connectivity index (χ3v) is 3.29. The van der Waals surface area contributed by atoms with E-state index in [-0.39, 0.29) is 11.6 Å². The topological polar surface area (TPSA) is 140 Å². The number of nitrogens with two attached hydrogens (primary N) is 2. The van der Waals surface area contributed by atoms with Crippen molar-refractivity contribution in [3.05, 3.63) is 42.2 Å². The van der Waals surface area contributed by atoms with Gasteiger partial charge in [-0.3, -0.25) is 0 Å². The van der Waals surface area contributed by atoms with Crippen LogP contribution in [0.2, 0.25) is 0 Å². The molecular formula is C12H14N4O4S. The largest absolute Gasteiger partial charge is 0.446 e. The number of amides is 2. The highest BCUT2D eigenvalue weighted by Gasteiger charge is 2.12. The SMILES string of the molecule is NC(=O)Nc1cccc(NCc2ccc(S(N)(=O)=O)o2)c1. The standard InChI is InChI=1S/C12H14N4O4S/c13-12(17)16-9-3-1-2-8(6-9)15-7-10-4-5-11(20-10)21(14,18)19/h1-6,15H,7H2,(H3,13,16,17)(H2,14,18,19). The van der Waals surface area contributed by atoms with Crippen LogP contribution >= 0.6 is 0 Å². The van der Waals surface area contributed by atoms with Crippen LogP contribution in [-0.2, 0) is 16.6 Å². The number of primary amides is 1. The molecule has 8 nitrogen and oxygen atoms in total. The third kappa shape index (κ3) is 4.23. The van der Waals surface area contributed by atoms with Crippen molar-refractivity contribution in [2.75, 3.05) is 10.6 Å². The summed E-state index contributed by atoms with van der Waals surface area (Å²) in [5.41, 5.74) is 6.27. The van der Waals surface area contributed by atoms with Crippen LogP contribution in [0.4, 0.5) is 16.2 Å². The lowest BCUT2D eigenvalue weighted by molar-refractivity contribution is 0.259. The number of hydrogen-bond acceptors (Lipinski definition) is 5. The summed E-state index contributed by atoms with van der Waals surface area (Å²) in [4.78, 5) is 10.8. The van der Waals surface area contributed by atoms with Crippen LogP contribution in [0.3, 0.4) is 0 Å². The van der Waals surface area contributed by atoms with E-state index in [1.807, 2.05) is 0 Å². The van der Waals surface area contributed by atoms with Crippen LogP contribution in [0.1, 0.15) is 5.76 Å². The van der Waals surface area contributed by atoms with Gasteiger partial charge in [0.15, 0.2) is 0 Å². The minimum atomic E-state index is -3.84. The van der Waals surface area contributed by atoms with Crippen LogP contribution in [0, 0.1) is 0 Å². The van der Waals surface area contributed by atoms with E-state index >= 15 is 0 Å². The maximum atomic E-state index is 11.1. The summed E-state index contributed by atoms with van der Waals surface area (Å²) in [5, 5.41) is 10.1. The summed E-state index contributed by atoms with van der Waals surface area (Å²) < 4.78 is 27.3. The summed E-state index contributed by atoms with van der Waals surface area (Å²) in [7, 11) is -3.84. The maximum Gasteiger partial charge on any atom is 0.316 e. The normalized spacial score (nSPS) is 11.1. The number of rotatable bonds is 5. The van der Waals surface area contributed by atoms with Gasteiger partial charge in [-0.25, -0.2) is 18.4 Å². The number of carbonyl (C=O) groups is 1. The summed E-state index contributed by atoms with van der Waals surface area (Å²) in [6.45, 7) is 0.259. The Hall–Kier alpha value is -2.52. The van der Waals surface area contributed by atoms with Crippen molar-refractivity contribution in [1.29, 1.82) is 0 Å². The van der Waals surface area contributed by atoms with E-state index < -0.39 is 16.1 Å². The Morgan fingerprint density at radius 3 is 2.52 bits per heavy atom. The molecule has 0 unspecified atom stereocenters. The Bertz CT molecular complexity index is 754. The zero-order chi connectivity index (χ0) is 15.5. The van der Waals surface area contributed by atoms with E-state index in [1.165, 1.54) is 12.1 Å². The first kappa shape index (κ1) is 14.9. The van der Waals surface area contributed by atoms with Gasteiger partial charge < -0.3 is 20.8 Å². The quantitative estimate of drug-likeness (QED) is 0.652. The highest BCUT2D eigenvalue weighted by atomic mass is 32.2. The van der Waals surface area contributed by atoms with Crippen molar-refractivity contribution in [3.63, 3.8) is 0 Å². The van der Waals surface area contributed by atoms with Crippen molar-refractivity contribution in [3.8, 4) is 0 Å². The molecule has 0 atom stereocenters. The minimum Gasteiger partial charge on any atom is -0.446 e. The van der Waals surface area contributed by atoms with Gasteiger partial charge in [0.2, 0.25) is 5.09 Å². The fourth-order valence-electron chi connectivity index (χ4n) is 1.64. The van der Waals surface area contributed by atoms with E-state index in [4.69, 9.17) is 15.3 Å². The van der Waals surface area contributed by atoms with Crippen molar-refractivity contribution >= 4 is 27.4 Å². The molecule has 112 valence electrons. The van der Waals surface area contributed by atoms with E-state index in [0.717, 1.165) is 0 Å². The Morgan fingerprint density at radius 1 is 1.19 bits per heavy atom. The molecule has 1 heterocycles. The fraction of sp³-hybridized carbons (Fsp3) is 0.0833. The van der Waals surface area contributed by atoms with Gasteiger partial charge in [0.05, 0.1) is 6.54 Å². The minimum absolute atomic E-state index is 0.259. The second-order valence-corrected chi connectivity index (χ2v) is 5.68. The van der Waals surface area contributed by atoms with E-state index in [2.05, 4.69) is 10.6 Å². The zero-order valence-corrected chi connectivity index (χ0v) is 11.7. The lowest BCUT2D eigenvalue weighted by Gasteiger charge is -2.07. The van der Waals surface area contributed by atoms with Crippen LogP contribution < -0.4 is 21.5 Å². The molecule has 0 aliphatic rings. The first-order chi connectivity index (χ1) is 9.84. The van der Waals surface area contributed by atoms with Gasteiger partial charge >= 0.3 is 6.03 Å². The lowest BCUT2D eigenvalue weighted by atomic mass is 10.2. The van der Waals surface area contributed by atoms with Crippen LogP contribution in [-0.4, -0.2) is 14.4 Å². The number of urea groups is 1. The number of nitrogens with one attached hydrogen (secondary N) is 2. The highest BCUT2D eigenvalue weighted by Crippen LogP contribution is 2.17. The third-order valence-electron chi connectivity index (χ3n) is 2.51. The molecule has 0 aliphatic carbocycles. The van der Waals surface area contributed by atoms with Crippen molar-refractivity contribution in [1.82, 2.24) is 0 Å². The van der Waals surface area contributed by atoms with Crippen LogP contribution in [0.25, 0.3) is 0 Å². The zero-order valence-electron chi connectivity index (χ0n) is 10.9. The van der Waals surface area contributed by atoms with E-state index in [1.54, 1.807) is 24.3 Å². The predicted molar refractivity (Wildman–Crippen MR) is 77.1 cm³/mol. The Morgan fingerprint density at radius 2 is 1.90 bits per heavy atom. The number of benzene rings is 1. The number of hydrogen-bond donors (Lipinski definition) is 4. The summed E-state index contributed by atoms with van der Waals surface area (Å²) in [5.74, 6) is 0.410. The predicted octanol–water partition coefficient (Wildman–Crippen LogP) is 1.03. The second-order valence-electron chi connectivity index (χ2n) is 4.19. The first-order valence-corrected chi connectivity index (χ1v) is 7.41. The molecule has 2 amide bonds. The van der Waals surface area contributed by atoms with Gasteiger partial charge in [-0.05, 0) is 30.3 Å². The number of furan rings is 1. The molecule has 2 aromatic rings. The van der Waals surface area contributed by atoms with Gasteiger partial charge in [0.1, 0.15) is 5.76 Å². The summed E-state index contributed by atoms with van der Waals surface area (Å²) >= 11 is 0. The second kappa shape index (κ2) is 5.85. The molecular weight excluding hydrogens is 296 g/mol.